The van der Waals surface area contributed by atoms with Crippen LogP contribution in [-0.4, -0.2) is 48.0 Å². The van der Waals surface area contributed by atoms with Gasteiger partial charge in [-0.1, -0.05) is 0 Å². The van der Waals surface area contributed by atoms with E-state index in [0.717, 1.165) is 0 Å². The number of hydrogen-bond acceptors (Lipinski definition) is 8. The number of nitrogens with two attached hydrogens (primary N) is 1. The van der Waals surface area contributed by atoms with E-state index >= 15 is 0 Å². The lowest BCUT2D eigenvalue weighted by molar-refractivity contribution is 0.379. The lowest BCUT2D eigenvalue weighted by atomic mass is 10.2. The number of methoxy groups -OCH3 is 1. The van der Waals surface area contributed by atoms with Crippen molar-refractivity contribution in [2.75, 3.05) is 31.0 Å². The number of hydrogen-bond donors (Lipinski definition) is 2. The van der Waals surface area contributed by atoms with Crippen LogP contribution in [0.3, 0.4) is 0 Å². The van der Waals surface area contributed by atoms with Gasteiger partial charge in [0.2, 0.25) is 11.9 Å². The highest BCUT2D eigenvalue weighted by Gasteiger charge is 2.30. The molecule has 0 fully saturated rings. The van der Waals surface area contributed by atoms with E-state index in [0.29, 0.717) is 0 Å². The van der Waals surface area contributed by atoms with E-state index < -0.39 is 14.6 Å². The first-order valence-corrected chi connectivity index (χ1v) is 7.04. The third kappa shape index (κ3) is 3.42. The van der Waals surface area contributed by atoms with Crippen LogP contribution in [0.4, 0.5) is 11.9 Å². The van der Waals surface area contributed by atoms with Crippen molar-refractivity contribution in [2.45, 2.75) is 18.6 Å². The normalized spacial score (nSPS) is 12.2. The van der Waals surface area contributed by atoms with Crippen LogP contribution in [-0.2, 0) is 9.84 Å². The Morgan fingerprint density at radius 2 is 1.94 bits per heavy atom. The van der Waals surface area contributed by atoms with Crippen molar-refractivity contribution in [3.8, 4) is 6.01 Å². The zero-order valence-corrected chi connectivity index (χ0v) is 11.6. The van der Waals surface area contributed by atoms with Crippen LogP contribution >= 0.6 is 0 Å². The Balaban J connectivity index is 2.84. The summed E-state index contributed by atoms with van der Waals surface area (Å²) in [6.45, 7) is 3.37. The Hall–Kier alpha value is -1.64. The summed E-state index contributed by atoms with van der Waals surface area (Å²) >= 11 is 0. The fraction of sp³-hybridized carbons (Fsp3) is 0.667. The third-order valence-electron chi connectivity index (χ3n) is 2.49. The first-order valence-electron chi connectivity index (χ1n) is 5.15. The van der Waals surface area contributed by atoms with Crippen LogP contribution in [0.5, 0.6) is 6.01 Å². The van der Waals surface area contributed by atoms with Crippen molar-refractivity contribution in [2.24, 2.45) is 0 Å². The second-order valence-electron chi connectivity index (χ2n) is 4.39. The van der Waals surface area contributed by atoms with Crippen molar-refractivity contribution < 1.29 is 13.2 Å². The molecule has 1 aromatic rings. The summed E-state index contributed by atoms with van der Waals surface area (Å²) in [6, 6.07) is 0.0714. The van der Waals surface area contributed by atoms with Gasteiger partial charge in [0.25, 0.3) is 0 Å². The van der Waals surface area contributed by atoms with Crippen LogP contribution in [0.1, 0.15) is 13.8 Å². The lowest BCUT2D eigenvalue weighted by Crippen LogP contribution is -2.38. The van der Waals surface area contributed by atoms with Crippen LogP contribution in [0.25, 0.3) is 0 Å². The molecule has 0 saturated carbocycles. The summed E-state index contributed by atoms with van der Waals surface area (Å²) in [5, 5.41) is 2.81. The predicted octanol–water partition coefficient (Wildman–Crippen LogP) is -0.302. The Kier molecular flexibility index (Phi) is 3.95. The van der Waals surface area contributed by atoms with Crippen LogP contribution in [0.15, 0.2) is 0 Å². The fourth-order valence-electron chi connectivity index (χ4n) is 0.965. The molecule has 0 aliphatic carbocycles. The van der Waals surface area contributed by atoms with Gasteiger partial charge in [-0.3, -0.25) is 0 Å². The van der Waals surface area contributed by atoms with Gasteiger partial charge in [0.05, 0.1) is 11.9 Å². The second-order valence-corrected chi connectivity index (χ2v) is 7.04. The van der Waals surface area contributed by atoms with Crippen LogP contribution in [0, 0.1) is 0 Å². The van der Waals surface area contributed by atoms with Crippen LogP contribution in [0.2, 0.25) is 0 Å². The molecule has 0 aliphatic rings. The third-order valence-corrected chi connectivity index (χ3v) is 4.64. The molecule has 0 spiro atoms. The molecule has 18 heavy (non-hydrogen) atoms. The zero-order chi connectivity index (χ0) is 14.0. The molecular formula is C9H17N5O3S. The Morgan fingerprint density at radius 1 is 1.33 bits per heavy atom. The monoisotopic (exact) mass is 275 g/mol. The maximum absolute atomic E-state index is 11.5. The Bertz CT molecular complexity index is 529. The molecule has 0 radical (unpaired) electrons. The molecule has 0 saturated heterocycles. The van der Waals surface area contributed by atoms with E-state index in [4.69, 9.17) is 10.5 Å². The smallest absolute Gasteiger partial charge is 0.322 e. The molecule has 1 rings (SSSR count). The highest BCUT2D eigenvalue weighted by molar-refractivity contribution is 7.92. The van der Waals surface area contributed by atoms with Gasteiger partial charge in [-0.25, -0.2) is 8.42 Å². The van der Waals surface area contributed by atoms with Crippen LogP contribution < -0.4 is 15.8 Å². The first kappa shape index (κ1) is 14.4. The molecule has 9 heteroatoms. The summed E-state index contributed by atoms with van der Waals surface area (Å²) in [5.41, 5.74) is 5.46. The molecular weight excluding hydrogens is 258 g/mol. The number of nitrogens with zero attached hydrogens (tertiary/aromatic N) is 3. The zero-order valence-electron chi connectivity index (χ0n) is 10.8. The van der Waals surface area contributed by atoms with E-state index in [1.54, 1.807) is 13.8 Å². The van der Waals surface area contributed by atoms with Gasteiger partial charge < -0.3 is 15.8 Å². The molecule has 102 valence electrons. The molecule has 0 aliphatic heterocycles. The van der Waals surface area contributed by atoms with Crippen molar-refractivity contribution >= 4 is 21.7 Å². The number of aromatic nitrogens is 3. The Labute approximate surface area is 106 Å². The number of nitrogen functional groups attached to an aromatic ring is 1. The topological polar surface area (TPSA) is 120 Å². The van der Waals surface area contributed by atoms with Crippen molar-refractivity contribution in [3.05, 3.63) is 0 Å². The lowest BCUT2D eigenvalue weighted by Gasteiger charge is -2.22. The predicted molar refractivity (Wildman–Crippen MR) is 68.2 cm³/mol. The average Bonchev–Trinajstić information content (AvgIpc) is 2.24. The minimum atomic E-state index is -3.19. The SMILES string of the molecule is COc1nc(N)nc(NCC(C)(C)S(C)(=O)=O)n1. The molecule has 0 atom stereocenters. The molecule has 0 unspecified atom stereocenters. The minimum absolute atomic E-state index is 0.00140. The van der Waals surface area contributed by atoms with Gasteiger partial charge in [-0.2, -0.15) is 15.0 Å². The van der Waals surface area contributed by atoms with E-state index in [2.05, 4.69) is 20.3 Å². The molecule has 0 aromatic carbocycles. The molecule has 1 heterocycles. The highest BCUT2D eigenvalue weighted by atomic mass is 32.2. The van der Waals surface area contributed by atoms with Crippen molar-refractivity contribution in [1.29, 1.82) is 0 Å². The maximum atomic E-state index is 11.5. The Morgan fingerprint density at radius 3 is 2.44 bits per heavy atom. The quantitative estimate of drug-likeness (QED) is 0.751. The van der Waals surface area contributed by atoms with Gasteiger partial charge in [0, 0.05) is 12.8 Å². The van der Waals surface area contributed by atoms with E-state index in [9.17, 15) is 8.42 Å². The van der Waals surface area contributed by atoms with E-state index in [-0.39, 0.29) is 24.5 Å². The molecule has 8 nitrogen and oxygen atoms in total. The second kappa shape index (κ2) is 4.92. The fourth-order valence-corrected chi connectivity index (χ4v) is 1.30. The summed E-state index contributed by atoms with van der Waals surface area (Å²) in [6.07, 6.45) is 1.18. The number of sulfone groups is 1. The van der Waals surface area contributed by atoms with E-state index in [1.807, 2.05) is 0 Å². The van der Waals surface area contributed by atoms with Gasteiger partial charge in [-0.15, -0.1) is 0 Å². The summed E-state index contributed by atoms with van der Waals surface area (Å²) < 4.78 is 26.9. The standard InChI is InChI=1S/C9H17N5O3S/c1-9(2,18(4,15)16)5-11-7-12-6(10)13-8(14-7)17-3/h5H2,1-4H3,(H3,10,11,12,13,14). The average molecular weight is 275 g/mol. The van der Waals surface area contributed by atoms with Gasteiger partial charge in [0.15, 0.2) is 9.84 Å². The number of anilines is 2. The minimum Gasteiger partial charge on any atom is -0.467 e. The molecule has 0 bridgehead atoms. The number of rotatable bonds is 5. The first-order chi connectivity index (χ1) is 8.15. The largest absolute Gasteiger partial charge is 0.467 e. The summed E-state index contributed by atoms with van der Waals surface area (Å²) in [4.78, 5) is 11.5. The molecule has 1 aromatic heterocycles. The molecule has 3 N–H and O–H groups in total. The summed E-state index contributed by atoms with van der Waals surface area (Å²) in [5.74, 6) is 0.178. The van der Waals surface area contributed by atoms with Gasteiger partial charge in [0.1, 0.15) is 0 Å². The van der Waals surface area contributed by atoms with Crippen molar-refractivity contribution in [1.82, 2.24) is 15.0 Å². The summed E-state index contributed by atoms with van der Waals surface area (Å²) in [7, 11) is -1.79. The van der Waals surface area contributed by atoms with Gasteiger partial charge >= 0.3 is 6.01 Å². The number of nitrogens with one attached hydrogen (secondary N) is 1. The van der Waals surface area contributed by atoms with Crippen molar-refractivity contribution in [3.63, 3.8) is 0 Å². The number of ether oxygens (including phenoxy) is 1. The maximum Gasteiger partial charge on any atom is 0.322 e. The molecule has 0 amide bonds. The van der Waals surface area contributed by atoms with E-state index in [1.165, 1.54) is 13.4 Å². The van der Waals surface area contributed by atoms with Gasteiger partial charge in [-0.05, 0) is 13.8 Å². The highest BCUT2D eigenvalue weighted by Crippen LogP contribution is 2.16.